The molecular weight excluding hydrogens is 212 g/mol. The molecule has 0 atom stereocenters. The molecule has 0 aliphatic rings. The summed E-state index contributed by atoms with van der Waals surface area (Å²) in [5.41, 5.74) is 3.04. The van der Waals surface area contributed by atoms with Gasteiger partial charge in [0.15, 0.2) is 0 Å². The summed E-state index contributed by atoms with van der Waals surface area (Å²) in [7, 11) is 1.97. The quantitative estimate of drug-likeness (QED) is 0.690. The summed E-state index contributed by atoms with van der Waals surface area (Å²) in [6.07, 6.45) is 3.82. The van der Waals surface area contributed by atoms with Crippen molar-refractivity contribution in [3.63, 3.8) is 0 Å². The predicted octanol–water partition coefficient (Wildman–Crippen LogP) is 2.95. The van der Waals surface area contributed by atoms with Crippen LogP contribution in [0.3, 0.4) is 0 Å². The summed E-state index contributed by atoms with van der Waals surface area (Å²) >= 11 is 0. The number of aromatic hydroxyl groups is 1. The summed E-state index contributed by atoms with van der Waals surface area (Å²) in [6, 6.07) is 11.2. The Bertz CT molecular complexity index is 686. The molecule has 3 heteroatoms. The lowest BCUT2D eigenvalue weighted by atomic mass is 10.1. The maximum Gasteiger partial charge on any atom is 0.140 e. The van der Waals surface area contributed by atoms with Crippen LogP contribution >= 0.6 is 0 Å². The van der Waals surface area contributed by atoms with Crippen molar-refractivity contribution in [3.05, 3.63) is 48.8 Å². The van der Waals surface area contributed by atoms with Crippen LogP contribution in [0, 0.1) is 0 Å². The number of phenolic OH excluding ortho intramolecular Hbond substituents is 1. The van der Waals surface area contributed by atoms with Gasteiger partial charge in [-0.1, -0.05) is 12.1 Å². The molecule has 0 unspecified atom stereocenters. The number of nitrogens with zero attached hydrogens (tertiary/aromatic N) is 2. The smallest absolute Gasteiger partial charge is 0.140 e. The fourth-order valence-electron chi connectivity index (χ4n) is 2.12. The minimum Gasteiger partial charge on any atom is -0.508 e. The number of rotatable bonds is 1. The van der Waals surface area contributed by atoms with E-state index in [2.05, 4.69) is 4.98 Å². The van der Waals surface area contributed by atoms with Crippen molar-refractivity contribution >= 4 is 11.0 Å². The van der Waals surface area contributed by atoms with Crippen LogP contribution in [0.1, 0.15) is 0 Å². The minimum absolute atomic E-state index is 0.281. The SMILES string of the molecule is Cn1cc(-c2cccc(O)c2)c2cccnc21. The summed E-state index contributed by atoms with van der Waals surface area (Å²) < 4.78 is 1.99. The first-order valence-electron chi connectivity index (χ1n) is 5.45. The Morgan fingerprint density at radius 2 is 2.06 bits per heavy atom. The van der Waals surface area contributed by atoms with Crippen molar-refractivity contribution in [2.75, 3.05) is 0 Å². The van der Waals surface area contributed by atoms with E-state index in [-0.39, 0.29) is 5.75 Å². The lowest BCUT2D eigenvalue weighted by Crippen LogP contribution is -1.85. The number of fused-ring (bicyclic) bond motifs is 1. The number of pyridine rings is 1. The van der Waals surface area contributed by atoms with Crippen molar-refractivity contribution in [3.8, 4) is 16.9 Å². The van der Waals surface area contributed by atoms with Gasteiger partial charge in [-0.25, -0.2) is 4.98 Å². The van der Waals surface area contributed by atoms with Gasteiger partial charge in [-0.2, -0.15) is 0 Å². The van der Waals surface area contributed by atoms with E-state index in [9.17, 15) is 5.11 Å². The fraction of sp³-hybridized carbons (Fsp3) is 0.0714. The van der Waals surface area contributed by atoms with E-state index in [4.69, 9.17) is 0 Å². The van der Waals surface area contributed by atoms with Gasteiger partial charge in [0.05, 0.1) is 0 Å². The van der Waals surface area contributed by atoms with Gasteiger partial charge in [0, 0.05) is 30.4 Å². The van der Waals surface area contributed by atoms with Gasteiger partial charge in [-0.05, 0) is 29.8 Å². The van der Waals surface area contributed by atoms with Crippen molar-refractivity contribution in [1.82, 2.24) is 9.55 Å². The van der Waals surface area contributed by atoms with Crippen LogP contribution in [0.25, 0.3) is 22.2 Å². The van der Waals surface area contributed by atoms with Crippen molar-refractivity contribution in [2.24, 2.45) is 7.05 Å². The first-order valence-corrected chi connectivity index (χ1v) is 5.45. The standard InChI is InChI=1S/C14H12N2O/c1-16-9-13(10-4-2-5-11(17)8-10)12-6-3-7-15-14(12)16/h2-9,17H,1H3. The first kappa shape index (κ1) is 9.90. The molecule has 1 aromatic carbocycles. The second-order valence-electron chi connectivity index (χ2n) is 4.08. The molecule has 2 aromatic heterocycles. The third kappa shape index (κ3) is 1.56. The van der Waals surface area contributed by atoms with Gasteiger partial charge >= 0.3 is 0 Å². The van der Waals surface area contributed by atoms with Gasteiger partial charge in [-0.15, -0.1) is 0 Å². The highest BCUT2D eigenvalue weighted by molar-refractivity contribution is 5.94. The minimum atomic E-state index is 0.281. The molecule has 1 N–H and O–H groups in total. The van der Waals surface area contributed by atoms with Crippen LogP contribution in [0.4, 0.5) is 0 Å². The van der Waals surface area contributed by atoms with Crippen molar-refractivity contribution < 1.29 is 5.11 Å². The second kappa shape index (κ2) is 3.63. The summed E-state index contributed by atoms with van der Waals surface area (Å²) in [6.45, 7) is 0. The largest absolute Gasteiger partial charge is 0.508 e. The lowest BCUT2D eigenvalue weighted by Gasteiger charge is -1.99. The van der Waals surface area contributed by atoms with Crippen LogP contribution in [-0.4, -0.2) is 14.7 Å². The molecule has 84 valence electrons. The predicted molar refractivity (Wildman–Crippen MR) is 67.8 cm³/mol. The zero-order valence-electron chi connectivity index (χ0n) is 9.46. The van der Waals surface area contributed by atoms with E-state index in [0.29, 0.717) is 0 Å². The van der Waals surface area contributed by atoms with E-state index in [1.807, 2.05) is 42.1 Å². The Hall–Kier alpha value is -2.29. The first-order chi connectivity index (χ1) is 8.25. The molecule has 0 aliphatic carbocycles. The molecule has 0 fully saturated rings. The zero-order chi connectivity index (χ0) is 11.8. The Kier molecular flexibility index (Phi) is 2.11. The number of benzene rings is 1. The van der Waals surface area contributed by atoms with Gasteiger partial charge in [0.1, 0.15) is 11.4 Å². The highest BCUT2D eigenvalue weighted by Gasteiger charge is 2.08. The molecule has 0 bridgehead atoms. The third-order valence-electron chi connectivity index (χ3n) is 2.89. The molecule has 0 saturated heterocycles. The molecule has 0 spiro atoms. The molecule has 0 amide bonds. The number of hydrogen-bond acceptors (Lipinski definition) is 2. The van der Waals surface area contributed by atoms with E-state index in [0.717, 1.165) is 22.2 Å². The molecular formula is C14H12N2O. The maximum atomic E-state index is 9.53. The summed E-state index contributed by atoms with van der Waals surface area (Å²) in [5.74, 6) is 0.281. The topological polar surface area (TPSA) is 38.0 Å². The second-order valence-corrected chi connectivity index (χ2v) is 4.08. The van der Waals surface area contributed by atoms with Gasteiger partial charge < -0.3 is 9.67 Å². The normalized spacial score (nSPS) is 10.9. The number of aryl methyl sites for hydroxylation is 1. The molecule has 2 heterocycles. The Labute approximate surface area is 99.0 Å². The van der Waals surface area contributed by atoms with E-state index >= 15 is 0 Å². The lowest BCUT2D eigenvalue weighted by molar-refractivity contribution is 0.475. The molecule has 17 heavy (non-hydrogen) atoms. The maximum absolute atomic E-state index is 9.53. The molecule has 3 rings (SSSR count). The summed E-state index contributed by atoms with van der Waals surface area (Å²) in [4.78, 5) is 4.35. The van der Waals surface area contributed by atoms with E-state index in [1.54, 1.807) is 18.3 Å². The molecule has 0 saturated carbocycles. The van der Waals surface area contributed by atoms with Crippen LogP contribution in [-0.2, 0) is 7.05 Å². The van der Waals surface area contributed by atoms with Crippen molar-refractivity contribution in [1.29, 1.82) is 0 Å². The van der Waals surface area contributed by atoms with Crippen molar-refractivity contribution in [2.45, 2.75) is 0 Å². The average molecular weight is 224 g/mol. The van der Waals surface area contributed by atoms with Gasteiger partial charge in [0.2, 0.25) is 0 Å². The number of hydrogen-bond donors (Lipinski definition) is 1. The van der Waals surface area contributed by atoms with Crippen LogP contribution in [0.15, 0.2) is 48.8 Å². The highest BCUT2D eigenvalue weighted by Crippen LogP contribution is 2.30. The van der Waals surface area contributed by atoms with Crippen LogP contribution < -0.4 is 0 Å². The van der Waals surface area contributed by atoms with Crippen LogP contribution in [0.5, 0.6) is 5.75 Å². The zero-order valence-corrected chi connectivity index (χ0v) is 9.46. The van der Waals surface area contributed by atoms with E-state index < -0.39 is 0 Å². The fourth-order valence-corrected chi connectivity index (χ4v) is 2.12. The Morgan fingerprint density at radius 3 is 2.88 bits per heavy atom. The Balaban J connectivity index is 2.31. The third-order valence-corrected chi connectivity index (χ3v) is 2.89. The van der Waals surface area contributed by atoms with E-state index in [1.165, 1.54) is 0 Å². The highest BCUT2D eigenvalue weighted by atomic mass is 16.3. The molecule has 0 radical (unpaired) electrons. The van der Waals surface area contributed by atoms with Crippen LogP contribution in [0.2, 0.25) is 0 Å². The molecule has 0 aliphatic heterocycles. The van der Waals surface area contributed by atoms with Gasteiger partial charge in [-0.3, -0.25) is 0 Å². The number of aromatic nitrogens is 2. The number of phenols is 1. The Morgan fingerprint density at radius 1 is 1.18 bits per heavy atom. The monoisotopic (exact) mass is 224 g/mol. The van der Waals surface area contributed by atoms with Gasteiger partial charge in [0.25, 0.3) is 0 Å². The average Bonchev–Trinajstić information content (AvgIpc) is 2.68. The molecule has 3 nitrogen and oxygen atoms in total. The summed E-state index contributed by atoms with van der Waals surface area (Å²) in [5, 5.41) is 10.6. The molecule has 3 aromatic rings.